The molecule has 0 atom stereocenters. The minimum absolute atomic E-state index is 0. The van der Waals surface area contributed by atoms with Crippen molar-refractivity contribution in [3.05, 3.63) is 39.2 Å². The average molecular weight is 324 g/mol. The van der Waals surface area contributed by atoms with Crippen LogP contribution in [0.5, 0.6) is 0 Å². The number of benzene rings is 1. The van der Waals surface area contributed by atoms with Crippen LogP contribution in [-0.4, -0.2) is 13.5 Å². The van der Waals surface area contributed by atoms with Crippen LogP contribution in [-0.2, 0) is 32.4 Å². The summed E-state index contributed by atoms with van der Waals surface area (Å²) >= 11 is 0. The van der Waals surface area contributed by atoms with Gasteiger partial charge in [-0.2, -0.15) is 0 Å². The second-order valence-corrected chi connectivity index (χ2v) is 3.89. The summed E-state index contributed by atoms with van der Waals surface area (Å²) in [4.78, 5) is 11.9. The van der Waals surface area contributed by atoms with E-state index in [1.165, 1.54) is 18.2 Å². The number of nitro groups is 1. The molecule has 0 spiro atoms. The molecular formula is C6H6AgN3O4S. The Morgan fingerprint density at radius 3 is 2.33 bits per heavy atom. The number of rotatable bonds is 3. The number of nitrogen functional groups attached to an aromatic ring is 1. The van der Waals surface area contributed by atoms with Crippen LogP contribution in [0.4, 0.5) is 5.69 Å². The minimum Gasteiger partial charge on any atom is -0.398 e. The first kappa shape index (κ1) is 13.9. The van der Waals surface area contributed by atoms with E-state index in [1.807, 2.05) is 0 Å². The molecule has 0 saturated heterocycles. The molecule has 0 unspecified atom stereocenters. The minimum atomic E-state index is -4.29. The van der Waals surface area contributed by atoms with Crippen molar-refractivity contribution in [1.29, 1.82) is 0 Å². The van der Waals surface area contributed by atoms with Crippen molar-refractivity contribution in [2.75, 3.05) is 5.73 Å². The van der Waals surface area contributed by atoms with Gasteiger partial charge in [-0.05, 0) is 17.2 Å². The van der Waals surface area contributed by atoms with Crippen molar-refractivity contribution in [2.24, 2.45) is 0 Å². The number of para-hydroxylation sites is 1. The Hall–Kier alpha value is -1.09. The van der Waals surface area contributed by atoms with E-state index in [4.69, 9.17) is 5.73 Å². The van der Waals surface area contributed by atoms with Crippen molar-refractivity contribution in [3.63, 3.8) is 0 Å². The molecule has 0 heterocycles. The zero-order chi connectivity index (χ0) is 10.8. The maximum absolute atomic E-state index is 11.2. The Kier molecular flexibility index (Phi) is 4.75. The molecule has 0 radical (unpaired) electrons. The van der Waals surface area contributed by atoms with Gasteiger partial charge in [-0.3, -0.25) is 14.9 Å². The van der Waals surface area contributed by atoms with Crippen molar-refractivity contribution in [2.45, 2.75) is 4.90 Å². The van der Waals surface area contributed by atoms with Crippen molar-refractivity contribution in [3.8, 4) is 0 Å². The van der Waals surface area contributed by atoms with Crippen LogP contribution >= 0.6 is 0 Å². The van der Waals surface area contributed by atoms with Crippen molar-refractivity contribution >= 4 is 15.7 Å². The van der Waals surface area contributed by atoms with Gasteiger partial charge in [0.1, 0.15) is 0 Å². The van der Waals surface area contributed by atoms with Gasteiger partial charge in [0.25, 0.3) is 0 Å². The average Bonchev–Trinajstić information content (AvgIpc) is 2.02. The Balaban J connectivity index is 0.00000196. The maximum Gasteiger partial charge on any atom is 1.00 e. The van der Waals surface area contributed by atoms with E-state index in [-0.39, 0.29) is 33.0 Å². The Morgan fingerprint density at radius 2 is 1.87 bits per heavy atom. The molecule has 0 aliphatic rings. The third-order valence-electron chi connectivity index (χ3n) is 1.37. The fourth-order valence-corrected chi connectivity index (χ4v) is 1.73. The van der Waals surface area contributed by atoms with E-state index in [9.17, 15) is 18.5 Å². The molecule has 0 aliphatic heterocycles. The predicted molar refractivity (Wildman–Crippen MR) is 48.4 cm³/mol. The molecule has 1 aromatic carbocycles. The number of anilines is 1. The van der Waals surface area contributed by atoms with Crippen LogP contribution in [0.2, 0.25) is 0 Å². The number of nitrogens with zero attached hydrogens (tertiary/aromatic N) is 2. The number of nitrogens with two attached hydrogens (primary N) is 1. The first-order valence-corrected chi connectivity index (χ1v) is 4.84. The van der Waals surface area contributed by atoms with Gasteiger partial charge in [-0.25, -0.2) is 8.42 Å². The van der Waals surface area contributed by atoms with Crippen LogP contribution in [0.3, 0.4) is 0 Å². The van der Waals surface area contributed by atoms with E-state index in [0.717, 1.165) is 6.07 Å². The molecule has 1 rings (SSSR count). The molecule has 0 bridgehead atoms. The molecule has 2 N–H and O–H groups in total. The molecule has 7 nitrogen and oxygen atoms in total. The Labute approximate surface area is 101 Å². The predicted octanol–water partition coefficient (Wildman–Crippen LogP) is 0.520. The third-order valence-corrected chi connectivity index (χ3v) is 2.65. The summed E-state index contributed by atoms with van der Waals surface area (Å²) in [5, 5.41) is 8.64. The molecule has 86 valence electrons. The van der Waals surface area contributed by atoms with Crippen LogP contribution in [0.25, 0.3) is 4.83 Å². The zero-order valence-electron chi connectivity index (χ0n) is 7.12. The number of sulfonamides is 1. The maximum atomic E-state index is 11.2. The largest absolute Gasteiger partial charge is 1.00 e. The smallest absolute Gasteiger partial charge is 0.398 e. The Bertz CT molecular complexity index is 461. The first-order valence-electron chi connectivity index (χ1n) is 3.40. The van der Waals surface area contributed by atoms with E-state index in [0.29, 0.717) is 0 Å². The third kappa shape index (κ3) is 3.51. The first-order chi connectivity index (χ1) is 6.43. The summed E-state index contributed by atoms with van der Waals surface area (Å²) in [5.74, 6) is 0. The number of hydrogen-bond donors (Lipinski definition) is 1. The monoisotopic (exact) mass is 323 g/mol. The fourth-order valence-electron chi connectivity index (χ4n) is 0.847. The summed E-state index contributed by atoms with van der Waals surface area (Å²) in [5.41, 5.74) is 5.25. The van der Waals surface area contributed by atoms with Gasteiger partial charge in [0.15, 0.2) is 10.0 Å². The van der Waals surface area contributed by atoms with Gasteiger partial charge < -0.3 is 5.73 Å². The molecule has 0 aromatic heterocycles. The van der Waals surface area contributed by atoms with Crippen LogP contribution in [0.15, 0.2) is 29.2 Å². The van der Waals surface area contributed by atoms with E-state index < -0.39 is 15.1 Å². The molecule has 15 heavy (non-hydrogen) atoms. The number of hydrogen-bond acceptors (Lipinski definition) is 5. The van der Waals surface area contributed by atoms with Gasteiger partial charge in [0.2, 0.25) is 0 Å². The van der Waals surface area contributed by atoms with Gasteiger partial charge in [0.05, 0.1) is 4.90 Å². The van der Waals surface area contributed by atoms with Gasteiger partial charge in [-0.1, -0.05) is 12.1 Å². The second-order valence-electron chi connectivity index (χ2n) is 2.33. The molecular weight excluding hydrogens is 318 g/mol. The van der Waals surface area contributed by atoms with Gasteiger partial charge >= 0.3 is 22.4 Å². The second kappa shape index (κ2) is 5.12. The SMILES string of the molecule is Nc1ccccc1S(=O)(=O)[N-][N+](=O)[O-].[Ag+]. The molecule has 9 heteroatoms. The molecule has 1 aromatic rings. The van der Waals surface area contributed by atoms with E-state index in [1.54, 1.807) is 0 Å². The Morgan fingerprint density at radius 1 is 1.33 bits per heavy atom. The summed E-state index contributed by atoms with van der Waals surface area (Å²) in [7, 11) is -4.29. The topological polar surface area (TPSA) is 117 Å². The van der Waals surface area contributed by atoms with Crippen molar-refractivity contribution < 1.29 is 35.8 Å². The fraction of sp³-hybridized carbons (Fsp3) is 0. The normalized spacial score (nSPS) is 10.1. The van der Waals surface area contributed by atoms with E-state index in [2.05, 4.69) is 4.83 Å². The van der Waals surface area contributed by atoms with Crippen LogP contribution < -0.4 is 5.73 Å². The van der Waals surface area contributed by atoms with Crippen LogP contribution in [0, 0.1) is 10.1 Å². The molecule has 0 fully saturated rings. The van der Waals surface area contributed by atoms with Crippen LogP contribution in [0.1, 0.15) is 0 Å². The van der Waals surface area contributed by atoms with Crippen molar-refractivity contribution in [1.82, 2.24) is 0 Å². The van der Waals surface area contributed by atoms with Gasteiger partial charge in [-0.15, -0.1) is 0 Å². The summed E-state index contributed by atoms with van der Waals surface area (Å²) in [6, 6.07) is 5.39. The van der Waals surface area contributed by atoms with Gasteiger partial charge in [0, 0.05) is 5.69 Å². The standard InChI is InChI=1S/C6H6N3O4S.Ag/c7-5-3-1-2-4-6(5)14(12,13)8-9(10)11;/h1-4H,7H2;/q-1;+1. The summed E-state index contributed by atoms with van der Waals surface area (Å²) in [6.07, 6.45) is 0. The summed E-state index contributed by atoms with van der Waals surface area (Å²) in [6.45, 7) is 0. The molecule has 0 amide bonds. The zero-order valence-corrected chi connectivity index (χ0v) is 9.42. The quantitative estimate of drug-likeness (QED) is 0.376. The van der Waals surface area contributed by atoms with E-state index >= 15 is 0 Å². The molecule has 0 saturated carbocycles. The molecule has 0 aliphatic carbocycles. The summed E-state index contributed by atoms with van der Waals surface area (Å²) < 4.78 is 22.4.